The van der Waals surface area contributed by atoms with Gasteiger partial charge in [0.15, 0.2) is 6.61 Å². The van der Waals surface area contributed by atoms with Crippen LogP contribution in [0.3, 0.4) is 0 Å². The van der Waals surface area contributed by atoms with E-state index in [1.54, 1.807) is 29.2 Å². The maximum atomic E-state index is 11.9. The lowest BCUT2D eigenvalue weighted by atomic mass is 10.2. The van der Waals surface area contributed by atoms with Crippen molar-refractivity contribution in [1.82, 2.24) is 15.6 Å². The van der Waals surface area contributed by atoms with E-state index >= 15 is 0 Å². The molecule has 146 valence electrons. The van der Waals surface area contributed by atoms with Crippen molar-refractivity contribution in [2.75, 3.05) is 40.0 Å². The smallest absolute Gasteiger partial charge is 0.329 e. The van der Waals surface area contributed by atoms with Crippen LogP contribution in [-0.2, 0) is 19.1 Å². The first-order chi connectivity index (χ1) is 13.1. The third kappa shape index (κ3) is 7.06. The first-order valence-corrected chi connectivity index (χ1v) is 8.71. The lowest BCUT2D eigenvalue weighted by Gasteiger charge is -2.15. The summed E-state index contributed by atoms with van der Waals surface area (Å²) in [6, 6.07) is 6.86. The van der Waals surface area contributed by atoms with Crippen molar-refractivity contribution in [2.24, 2.45) is 5.10 Å². The van der Waals surface area contributed by atoms with Crippen molar-refractivity contribution in [3.05, 3.63) is 29.8 Å². The van der Waals surface area contributed by atoms with Gasteiger partial charge in [0.25, 0.3) is 5.91 Å². The SMILES string of the molecule is COCCNC(=O)C(=O)N/N=C\c1ccc(OCC(=O)N2CCCC2)cc1. The summed E-state index contributed by atoms with van der Waals surface area (Å²) in [6.45, 7) is 2.18. The van der Waals surface area contributed by atoms with Gasteiger partial charge in [-0.2, -0.15) is 5.10 Å². The van der Waals surface area contributed by atoms with Crippen molar-refractivity contribution >= 4 is 23.9 Å². The molecule has 0 atom stereocenters. The zero-order chi connectivity index (χ0) is 19.5. The van der Waals surface area contributed by atoms with Gasteiger partial charge in [0.05, 0.1) is 12.8 Å². The maximum Gasteiger partial charge on any atom is 0.329 e. The third-order valence-corrected chi connectivity index (χ3v) is 3.88. The highest BCUT2D eigenvalue weighted by Crippen LogP contribution is 2.12. The summed E-state index contributed by atoms with van der Waals surface area (Å²) in [4.78, 5) is 36.7. The topological polar surface area (TPSA) is 109 Å². The lowest BCUT2D eigenvalue weighted by Crippen LogP contribution is -2.39. The largest absolute Gasteiger partial charge is 0.484 e. The molecule has 27 heavy (non-hydrogen) atoms. The normalized spacial score (nSPS) is 13.6. The number of hydrazone groups is 1. The van der Waals surface area contributed by atoms with Crippen LogP contribution in [0.1, 0.15) is 18.4 Å². The number of rotatable bonds is 8. The number of nitrogens with one attached hydrogen (secondary N) is 2. The molecule has 1 fully saturated rings. The first-order valence-electron chi connectivity index (χ1n) is 8.71. The van der Waals surface area contributed by atoms with Crippen LogP contribution in [0.5, 0.6) is 5.75 Å². The second-order valence-corrected chi connectivity index (χ2v) is 5.89. The molecular weight excluding hydrogens is 352 g/mol. The number of hydrogen-bond donors (Lipinski definition) is 2. The Morgan fingerprint density at radius 3 is 2.52 bits per heavy atom. The number of amides is 3. The molecule has 0 spiro atoms. The van der Waals surface area contributed by atoms with Crippen LogP contribution in [0.4, 0.5) is 0 Å². The predicted molar refractivity (Wildman–Crippen MR) is 98.4 cm³/mol. The van der Waals surface area contributed by atoms with E-state index < -0.39 is 11.8 Å². The minimum atomic E-state index is -0.859. The van der Waals surface area contributed by atoms with Gasteiger partial charge in [0, 0.05) is 26.7 Å². The van der Waals surface area contributed by atoms with Crippen LogP contribution in [0.15, 0.2) is 29.4 Å². The van der Waals surface area contributed by atoms with Gasteiger partial charge in [-0.15, -0.1) is 0 Å². The molecule has 3 amide bonds. The Kier molecular flexibility index (Phi) is 8.24. The molecule has 1 aromatic rings. The maximum absolute atomic E-state index is 11.9. The second-order valence-electron chi connectivity index (χ2n) is 5.89. The van der Waals surface area contributed by atoms with Crippen molar-refractivity contribution in [3.63, 3.8) is 0 Å². The summed E-state index contributed by atoms with van der Waals surface area (Å²) in [6.07, 6.45) is 3.50. The molecule has 0 radical (unpaired) electrons. The molecule has 1 heterocycles. The number of likely N-dealkylation sites (tertiary alicyclic amines) is 1. The van der Waals surface area contributed by atoms with E-state index in [0.717, 1.165) is 25.9 Å². The van der Waals surface area contributed by atoms with E-state index in [1.165, 1.54) is 13.3 Å². The second kappa shape index (κ2) is 10.9. The fraction of sp³-hybridized carbons (Fsp3) is 0.444. The fourth-order valence-corrected chi connectivity index (χ4v) is 2.42. The summed E-state index contributed by atoms with van der Waals surface area (Å²) in [5.74, 6) is -1.08. The van der Waals surface area contributed by atoms with Crippen LogP contribution in [0, 0.1) is 0 Å². The van der Waals surface area contributed by atoms with Crippen LogP contribution in [0.25, 0.3) is 0 Å². The number of ether oxygens (including phenoxy) is 2. The average Bonchev–Trinajstić information content (AvgIpc) is 3.22. The van der Waals surface area contributed by atoms with Crippen LogP contribution < -0.4 is 15.5 Å². The van der Waals surface area contributed by atoms with Crippen molar-refractivity contribution in [3.8, 4) is 5.75 Å². The molecule has 0 bridgehead atoms. The first kappa shape index (κ1) is 20.4. The highest BCUT2D eigenvalue weighted by molar-refractivity contribution is 6.35. The van der Waals surface area contributed by atoms with Gasteiger partial charge in [-0.25, -0.2) is 5.43 Å². The molecule has 0 aromatic heterocycles. The van der Waals surface area contributed by atoms with Crippen molar-refractivity contribution < 1.29 is 23.9 Å². The van der Waals surface area contributed by atoms with E-state index in [9.17, 15) is 14.4 Å². The number of nitrogens with zero attached hydrogens (tertiary/aromatic N) is 2. The summed E-state index contributed by atoms with van der Waals surface area (Å²) in [5, 5.41) is 6.11. The monoisotopic (exact) mass is 376 g/mol. The van der Waals surface area contributed by atoms with Gasteiger partial charge in [-0.3, -0.25) is 14.4 Å². The molecule has 0 saturated carbocycles. The van der Waals surface area contributed by atoms with Crippen LogP contribution >= 0.6 is 0 Å². The minimum Gasteiger partial charge on any atom is -0.484 e. The van der Waals surface area contributed by atoms with Crippen molar-refractivity contribution in [2.45, 2.75) is 12.8 Å². The Hall–Kier alpha value is -2.94. The molecule has 2 rings (SSSR count). The molecule has 2 N–H and O–H groups in total. The van der Waals surface area contributed by atoms with Gasteiger partial charge < -0.3 is 19.7 Å². The Balaban J connectivity index is 1.72. The summed E-state index contributed by atoms with van der Waals surface area (Å²) in [5.41, 5.74) is 2.84. The van der Waals surface area contributed by atoms with E-state index in [2.05, 4.69) is 15.8 Å². The van der Waals surface area contributed by atoms with Gasteiger partial charge in [-0.05, 0) is 42.7 Å². The molecule has 0 aliphatic carbocycles. The van der Waals surface area contributed by atoms with Gasteiger partial charge in [0.2, 0.25) is 0 Å². The average molecular weight is 376 g/mol. The van der Waals surface area contributed by atoms with E-state index in [0.29, 0.717) is 17.9 Å². The number of benzene rings is 1. The molecule has 1 saturated heterocycles. The standard InChI is InChI=1S/C18H24N4O5/c1-26-11-8-19-17(24)18(25)21-20-12-14-4-6-15(7-5-14)27-13-16(23)22-9-2-3-10-22/h4-7,12H,2-3,8-11,13H2,1H3,(H,19,24)(H,21,25)/b20-12-. The Bertz CT molecular complexity index is 669. The van der Waals surface area contributed by atoms with Crippen LogP contribution in [-0.4, -0.2) is 68.8 Å². The van der Waals surface area contributed by atoms with Crippen LogP contribution in [0.2, 0.25) is 0 Å². The van der Waals surface area contributed by atoms with E-state index in [1.807, 2.05) is 0 Å². The summed E-state index contributed by atoms with van der Waals surface area (Å²) in [7, 11) is 1.50. The minimum absolute atomic E-state index is 0.00960. The molecular formula is C18H24N4O5. The van der Waals surface area contributed by atoms with E-state index in [-0.39, 0.29) is 19.1 Å². The summed E-state index contributed by atoms with van der Waals surface area (Å²) >= 11 is 0. The van der Waals surface area contributed by atoms with Gasteiger partial charge >= 0.3 is 11.8 Å². The third-order valence-electron chi connectivity index (χ3n) is 3.88. The van der Waals surface area contributed by atoms with E-state index in [4.69, 9.17) is 9.47 Å². The van der Waals surface area contributed by atoms with Gasteiger partial charge in [-0.1, -0.05) is 0 Å². The number of methoxy groups -OCH3 is 1. The molecule has 9 heteroatoms. The number of hydrogen-bond acceptors (Lipinski definition) is 6. The zero-order valence-corrected chi connectivity index (χ0v) is 15.3. The predicted octanol–water partition coefficient (Wildman–Crippen LogP) is -0.0995. The van der Waals surface area contributed by atoms with Gasteiger partial charge in [0.1, 0.15) is 5.75 Å². The Morgan fingerprint density at radius 1 is 1.15 bits per heavy atom. The highest BCUT2D eigenvalue weighted by Gasteiger charge is 2.18. The molecule has 1 aromatic carbocycles. The quantitative estimate of drug-likeness (QED) is 0.285. The molecule has 1 aliphatic heterocycles. The van der Waals surface area contributed by atoms with Crippen molar-refractivity contribution in [1.29, 1.82) is 0 Å². The summed E-state index contributed by atoms with van der Waals surface area (Å²) < 4.78 is 10.3. The lowest BCUT2D eigenvalue weighted by molar-refractivity contribution is -0.139. The fourth-order valence-electron chi connectivity index (χ4n) is 2.42. The number of carbonyl (C=O) groups excluding carboxylic acids is 3. The molecule has 1 aliphatic rings. The number of carbonyl (C=O) groups is 3. The molecule has 0 unspecified atom stereocenters. The zero-order valence-electron chi connectivity index (χ0n) is 15.3. The highest BCUT2D eigenvalue weighted by atomic mass is 16.5. The Morgan fingerprint density at radius 2 is 1.85 bits per heavy atom. The Labute approximate surface area is 157 Å². The molecule has 9 nitrogen and oxygen atoms in total.